The summed E-state index contributed by atoms with van der Waals surface area (Å²) in [5.41, 5.74) is 0.00314. The number of rotatable bonds is 4. The standard InChI is InChI=1S/C14H17I2NO5/c1-14(2,3)22-13(21)17-11(12(19)20)10(16)8-5-4-7(18)6-9(8)15/h4-6,10-11,18H,1-3H3,(H,17,21)(H,19,20)/t10?,11-/m1/s1. The van der Waals surface area contributed by atoms with Crippen LogP contribution in [0.25, 0.3) is 0 Å². The van der Waals surface area contributed by atoms with Crippen molar-refractivity contribution >= 4 is 57.2 Å². The average molecular weight is 533 g/mol. The molecule has 0 spiro atoms. The van der Waals surface area contributed by atoms with Gasteiger partial charge in [0.1, 0.15) is 17.4 Å². The molecular weight excluding hydrogens is 516 g/mol. The van der Waals surface area contributed by atoms with Crippen molar-refractivity contribution in [2.45, 2.75) is 36.3 Å². The third-order valence-corrected chi connectivity index (χ3v) is 4.84. The molecule has 2 atom stereocenters. The van der Waals surface area contributed by atoms with Gasteiger partial charge < -0.3 is 20.3 Å². The van der Waals surface area contributed by atoms with Gasteiger partial charge in [0.15, 0.2) is 0 Å². The number of carbonyl (C=O) groups is 2. The van der Waals surface area contributed by atoms with E-state index in [0.717, 1.165) is 0 Å². The Morgan fingerprint density at radius 1 is 1.32 bits per heavy atom. The molecular formula is C14H17I2NO5. The second kappa shape index (κ2) is 7.66. The van der Waals surface area contributed by atoms with Crippen molar-refractivity contribution in [3.8, 4) is 5.75 Å². The molecule has 122 valence electrons. The zero-order chi connectivity index (χ0) is 17.1. The van der Waals surface area contributed by atoms with E-state index in [1.165, 1.54) is 12.1 Å². The van der Waals surface area contributed by atoms with E-state index in [0.29, 0.717) is 9.13 Å². The number of phenolic OH excluding ortho intramolecular Hbond substituents is 1. The quantitative estimate of drug-likeness (QED) is 0.408. The Labute approximate surface area is 155 Å². The lowest BCUT2D eigenvalue weighted by Gasteiger charge is -2.24. The number of alkyl carbamates (subject to hydrolysis) is 1. The van der Waals surface area contributed by atoms with Crippen molar-refractivity contribution < 1.29 is 24.5 Å². The van der Waals surface area contributed by atoms with E-state index in [1.807, 2.05) is 45.2 Å². The number of ether oxygens (including phenoxy) is 1. The zero-order valence-electron chi connectivity index (χ0n) is 12.3. The number of aliphatic carboxylic acids is 1. The molecule has 0 radical (unpaired) electrons. The molecule has 0 saturated heterocycles. The molecule has 22 heavy (non-hydrogen) atoms. The Morgan fingerprint density at radius 3 is 2.36 bits per heavy atom. The number of carbonyl (C=O) groups excluding carboxylic acids is 1. The molecule has 1 amide bonds. The smallest absolute Gasteiger partial charge is 0.408 e. The molecule has 8 heteroatoms. The number of hydrogen-bond donors (Lipinski definition) is 3. The van der Waals surface area contributed by atoms with Gasteiger partial charge in [0, 0.05) is 3.57 Å². The number of benzene rings is 1. The Bertz CT molecular complexity index is 571. The Hall–Kier alpha value is -0.780. The van der Waals surface area contributed by atoms with E-state index in [1.54, 1.807) is 26.8 Å². The Kier molecular flexibility index (Phi) is 6.71. The molecule has 1 unspecified atom stereocenters. The predicted octanol–water partition coefficient (Wildman–Crippen LogP) is 3.45. The third kappa shape index (κ3) is 5.78. The fourth-order valence-electron chi connectivity index (χ4n) is 1.61. The van der Waals surface area contributed by atoms with Gasteiger partial charge in [-0.1, -0.05) is 28.7 Å². The van der Waals surface area contributed by atoms with Gasteiger partial charge in [-0.2, -0.15) is 0 Å². The Morgan fingerprint density at radius 2 is 1.91 bits per heavy atom. The number of nitrogens with one attached hydrogen (secondary N) is 1. The lowest BCUT2D eigenvalue weighted by Crippen LogP contribution is -2.45. The number of phenols is 1. The summed E-state index contributed by atoms with van der Waals surface area (Å²) in [5, 5.41) is 21.2. The zero-order valence-corrected chi connectivity index (χ0v) is 16.6. The van der Waals surface area contributed by atoms with E-state index >= 15 is 0 Å². The second-order valence-electron chi connectivity index (χ2n) is 5.57. The van der Waals surface area contributed by atoms with Gasteiger partial charge in [0.05, 0.1) is 3.92 Å². The first-order valence-electron chi connectivity index (χ1n) is 6.36. The van der Waals surface area contributed by atoms with Crippen molar-refractivity contribution in [3.63, 3.8) is 0 Å². The second-order valence-corrected chi connectivity index (χ2v) is 8.07. The number of aromatic hydroxyl groups is 1. The van der Waals surface area contributed by atoms with Crippen molar-refractivity contribution in [2.24, 2.45) is 0 Å². The van der Waals surface area contributed by atoms with Crippen LogP contribution in [0.3, 0.4) is 0 Å². The van der Waals surface area contributed by atoms with Crippen LogP contribution in [0.15, 0.2) is 18.2 Å². The number of hydrogen-bond acceptors (Lipinski definition) is 4. The summed E-state index contributed by atoms with van der Waals surface area (Å²) in [6.07, 6.45) is -0.782. The average Bonchev–Trinajstić information content (AvgIpc) is 2.32. The molecule has 0 aliphatic carbocycles. The SMILES string of the molecule is CC(C)(C)OC(=O)N[C@@H](C(=O)O)C(I)c1ccc(O)cc1I. The summed E-state index contributed by atoms with van der Waals surface area (Å²) < 4.78 is 5.29. The summed E-state index contributed by atoms with van der Waals surface area (Å²) in [7, 11) is 0. The molecule has 1 rings (SSSR count). The van der Waals surface area contributed by atoms with Crippen molar-refractivity contribution in [2.75, 3.05) is 0 Å². The Balaban J connectivity index is 2.95. The lowest BCUT2D eigenvalue weighted by atomic mass is 10.1. The molecule has 0 aromatic heterocycles. The molecule has 0 bridgehead atoms. The number of amides is 1. The monoisotopic (exact) mass is 533 g/mol. The minimum absolute atomic E-state index is 0.101. The molecule has 0 saturated carbocycles. The molecule has 0 aliphatic heterocycles. The van der Waals surface area contributed by atoms with Gasteiger partial charge in [-0.3, -0.25) is 0 Å². The van der Waals surface area contributed by atoms with Crippen LogP contribution < -0.4 is 5.32 Å². The number of alkyl halides is 1. The summed E-state index contributed by atoms with van der Waals surface area (Å²) >= 11 is 3.97. The first kappa shape index (κ1) is 19.3. The van der Waals surface area contributed by atoms with Crippen LogP contribution >= 0.6 is 45.2 Å². The van der Waals surface area contributed by atoms with Gasteiger partial charge in [-0.25, -0.2) is 9.59 Å². The van der Waals surface area contributed by atoms with Gasteiger partial charge in [-0.15, -0.1) is 0 Å². The van der Waals surface area contributed by atoms with Crippen LogP contribution in [0.1, 0.15) is 30.3 Å². The first-order valence-corrected chi connectivity index (χ1v) is 8.68. The van der Waals surface area contributed by atoms with Crippen LogP contribution in [-0.2, 0) is 9.53 Å². The van der Waals surface area contributed by atoms with E-state index in [9.17, 15) is 19.8 Å². The van der Waals surface area contributed by atoms with Gasteiger partial charge in [0.25, 0.3) is 0 Å². The maximum Gasteiger partial charge on any atom is 0.408 e. The van der Waals surface area contributed by atoms with E-state index in [4.69, 9.17) is 4.74 Å². The number of carboxylic acid groups (broad SMARTS) is 1. The molecule has 0 aliphatic rings. The number of halogens is 2. The highest BCUT2D eigenvalue weighted by atomic mass is 127. The van der Waals surface area contributed by atoms with Crippen LogP contribution in [0.2, 0.25) is 0 Å². The van der Waals surface area contributed by atoms with Crippen LogP contribution in [0.5, 0.6) is 5.75 Å². The van der Waals surface area contributed by atoms with Crippen molar-refractivity contribution in [1.29, 1.82) is 0 Å². The van der Waals surface area contributed by atoms with Crippen molar-refractivity contribution in [3.05, 3.63) is 27.3 Å². The van der Waals surface area contributed by atoms with Gasteiger partial charge in [-0.05, 0) is 61.1 Å². The van der Waals surface area contributed by atoms with E-state index in [-0.39, 0.29) is 5.75 Å². The first-order chi connectivity index (χ1) is 10.0. The normalized spacial score (nSPS) is 14.0. The summed E-state index contributed by atoms with van der Waals surface area (Å²) in [4.78, 5) is 23.3. The summed E-state index contributed by atoms with van der Waals surface area (Å²) in [6.45, 7) is 5.10. The molecule has 0 heterocycles. The highest BCUT2D eigenvalue weighted by molar-refractivity contribution is 14.1. The molecule has 1 aromatic rings. The topological polar surface area (TPSA) is 95.9 Å². The van der Waals surface area contributed by atoms with Crippen molar-refractivity contribution in [1.82, 2.24) is 5.32 Å². The molecule has 3 N–H and O–H groups in total. The molecule has 6 nitrogen and oxygen atoms in total. The van der Waals surface area contributed by atoms with Gasteiger partial charge >= 0.3 is 12.1 Å². The van der Waals surface area contributed by atoms with E-state index < -0.39 is 27.6 Å². The fraction of sp³-hybridized carbons (Fsp3) is 0.429. The summed E-state index contributed by atoms with van der Waals surface area (Å²) in [6, 6.07) is 3.51. The maximum atomic E-state index is 11.8. The largest absolute Gasteiger partial charge is 0.508 e. The third-order valence-electron chi connectivity index (χ3n) is 2.51. The highest BCUT2D eigenvalue weighted by Gasteiger charge is 2.32. The number of carboxylic acids is 1. The van der Waals surface area contributed by atoms with Crippen LogP contribution in [0.4, 0.5) is 4.79 Å². The fourth-order valence-corrected chi connectivity index (χ4v) is 4.07. The minimum Gasteiger partial charge on any atom is -0.508 e. The van der Waals surface area contributed by atoms with E-state index in [2.05, 4.69) is 5.32 Å². The highest BCUT2D eigenvalue weighted by Crippen LogP contribution is 2.33. The maximum absolute atomic E-state index is 11.8. The van der Waals surface area contributed by atoms with Gasteiger partial charge in [0.2, 0.25) is 0 Å². The van der Waals surface area contributed by atoms with Crippen LogP contribution in [0, 0.1) is 3.57 Å². The summed E-state index contributed by atoms with van der Waals surface area (Å²) in [5.74, 6) is -1.06. The minimum atomic E-state index is -1.16. The molecule has 1 aromatic carbocycles. The molecule has 0 fully saturated rings. The lowest BCUT2D eigenvalue weighted by molar-refractivity contribution is -0.139. The predicted molar refractivity (Wildman–Crippen MR) is 98.4 cm³/mol. The van der Waals surface area contributed by atoms with Crippen LogP contribution in [-0.4, -0.2) is 33.9 Å².